The van der Waals surface area contributed by atoms with Gasteiger partial charge in [0, 0.05) is 44.4 Å². The maximum absolute atomic E-state index is 12.7. The van der Waals surface area contributed by atoms with Gasteiger partial charge in [-0.05, 0) is 31.4 Å². The third-order valence-corrected chi connectivity index (χ3v) is 4.68. The smallest absolute Gasteiger partial charge is 0.254 e. The number of hydrogen-bond acceptors (Lipinski definition) is 7. The van der Waals surface area contributed by atoms with Gasteiger partial charge in [-0.2, -0.15) is 0 Å². The van der Waals surface area contributed by atoms with E-state index in [-0.39, 0.29) is 11.9 Å². The molecule has 1 N–H and O–H groups in total. The maximum atomic E-state index is 12.7. The molecule has 0 spiro atoms. The van der Waals surface area contributed by atoms with Gasteiger partial charge in [-0.15, -0.1) is 0 Å². The number of anilines is 1. The molecule has 0 aliphatic heterocycles. The largest absolute Gasteiger partial charge is 0.347 e. The molecule has 1 atom stereocenters. The van der Waals surface area contributed by atoms with E-state index in [0.717, 1.165) is 30.5 Å². The van der Waals surface area contributed by atoms with Crippen LogP contribution < -0.4 is 10.2 Å². The number of aromatic nitrogens is 5. The van der Waals surface area contributed by atoms with Crippen LogP contribution in [-0.4, -0.2) is 44.9 Å². The number of hydrogen-bond donors (Lipinski definition) is 1. The van der Waals surface area contributed by atoms with E-state index in [1.807, 2.05) is 43.4 Å². The van der Waals surface area contributed by atoms with Crippen LogP contribution in [0.1, 0.15) is 40.5 Å². The van der Waals surface area contributed by atoms with E-state index in [9.17, 15) is 4.79 Å². The predicted octanol–water partition coefficient (Wildman–Crippen LogP) is 2.20. The lowest BCUT2D eigenvalue weighted by atomic mass is 9.92. The first-order valence-electron chi connectivity index (χ1n) is 9.19. The van der Waals surface area contributed by atoms with Crippen LogP contribution in [0.2, 0.25) is 0 Å². The molecule has 1 amide bonds. The van der Waals surface area contributed by atoms with E-state index in [1.165, 1.54) is 12.4 Å². The van der Waals surface area contributed by atoms with Gasteiger partial charge in [0.05, 0.1) is 17.3 Å². The summed E-state index contributed by atoms with van der Waals surface area (Å²) in [6.45, 7) is 0. The molecule has 1 aliphatic carbocycles. The third-order valence-electron chi connectivity index (χ3n) is 4.68. The third kappa shape index (κ3) is 3.66. The maximum Gasteiger partial charge on any atom is 0.254 e. The lowest BCUT2D eigenvalue weighted by molar-refractivity contribution is 0.0932. The number of pyridine rings is 1. The van der Waals surface area contributed by atoms with Gasteiger partial charge < -0.3 is 10.2 Å². The zero-order valence-corrected chi connectivity index (χ0v) is 15.8. The fourth-order valence-electron chi connectivity index (χ4n) is 3.22. The van der Waals surface area contributed by atoms with Crippen molar-refractivity contribution in [1.29, 1.82) is 0 Å². The van der Waals surface area contributed by atoms with Crippen LogP contribution in [0.15, 0.2) is 43.0 Å². The van der Waals surface area contributed by atoms with Crippen molar-refractivity contribution in [2.24, 2.45) is 0 Å². The Kier molecular flexibility index (Phi) is 4.92. The second-order valence-corrected chi connectivity index (χ2v) is 6.90. The molecular weight excluding hydrogens is 354 g/mol. The first-order valence-corrected chi connectivity index (χ1v) is 9.19. The number of aryl methyl sites for hydroxylation is 1. The van der Waals surface area contributed by atoms with Gasteiger partial charge >= 0.3 is 0 Å². The molecule has 0 radical (unpaired) electrons. The SMILES string of the molecule is CN(C)c1ncc2c(n1)CCC[C@@H]2NC(=O)c1cnc(-c2ccccn2)nc1. The Balaban J connectivity index is 1.50. The molecule has 3 aromatic heterocycles. The number of fused-ring (bicyclic) bond motifs is 1. The first-order chi connectivity index (χ1) is 13.6. The second kappa shape index (κ2) is 7.67. The van der Waals surface area contributed by atoms with Crippen LogP contribution in [0.3, 0.4) is 0 Å². The standard InChI is InChI=1S/C20H21N7O/c1-27(2)20-24-12-14-15(7-5-8-16(14)26-20)25-19(28)13-10-22-18(23-11-13)17-6-3-4-9-21-17/h3-4,6,9-12,15H,5,7-8H2,1-2H3,(H,25,28)/t15-/m0/s1. The Bertz CT molecular complexity index is 974. The van der Waals surface area contributed by atoms with Crippen molar-refractivity contribution >= 4 is 11.9 Å². The van der Waals surface area contributed by atoms with E-state index in [0.29, 0.717) is 23.0 Å². The van der Waals surface area contributed by atoms with Crippen LogP contribution in [0.5, 0.6) is 0 Å². The highest BCUT2D eigenvalue weighted by molar-refractivity contribution is 5.94. The summed E-state index contributed by atoms with van der Waals surface area (Å²) < 4.78 is 0. The van der Waals surface area contributed by atoms with Crippen molar-refractivity contribution in [2.45, 2.75) is 25.3 Å². The minimum absolute atomic E-state index is 0.108. The van der Waals surface area contributed by atoms with E-state index < -0.39 is 0 Å². The van der Waals surface area contributed by atoms with Crippen molar-refractivity contribution < 1.29 is 4.79 Å². The zero-order chi connectivity index (χ0) is 19.5. The quantitative estimate of drug-likeness (QED) is 0.746. The topological polar surface area (TPSA) is 96.8 Å². The fourth-order valence-corrected chi connectivity index (χ4v) is 3.22. The highest BCUT2D eigenvalue weighted by Gasteiger charge is 2.24. The monoisotopic (exact) mass is 375 g/mol. The summed E-state index contributed by atoms with van der Waals surface area (Å²) in [6.07, 6.45) is 9.29. The molecule has 0 unspecified atom stereocenters. The highest BCUT2D eigenvalue weighted by atomic mass is 16.1. The van der Waals surface area contributed by atoms with Gasteiger partial charge in [0.2, 0.25) is 5.95 Å². The van der Waals surface area contributed by atoms with E-state index in [1.54, 1.807) is 6.20 Å². The summed E-state index contributed by atoms with van der Waals surface area (Å²) >= 11 is 0. The molecule has 8 heteroatoms. The molecule has 0 bridgehead atoms. The van der Waals surface area contributed by atoms with Crippen molar-refractivity contribution in [3.63, 3.8) is 0 Å². The van der Waals surface area contributed by atoms with Gasteiger partial charge in [-0.25, -0.2) is 19.9 Å². The van der Waals surface area contributed by atoms with Crippen molar-refractivity contribution in [3.05, 3.63) is 59.8 Å². The molecular formula is C20H21N7O. The molecule has 8 nitrogen and oxygen atoms in total. The van der Waals surface area contributed by atoms with Gasteiger partial charge in [0.25, 0.3) is 5.91 Å². The normalized spacial score (nSPS) is 15.6. The first kappa shape index (κ1) is 18.0. The van der Waals surface area contributed by atoms with Crippen molar-refractivity contribution in [3.8, 4) is 11.5 Å². The summed E-state index contributed by atoms with van der Waals surface area (Å²) in [7, 11) is 3.83. The summed E-state index contributed by atoms with van der Waals surface area (Å²) in [5.74, 6) is 0.969. The van der Waals surface area contributed by atoms with E-state index in [4.69, 9.17) is 0 Å². The predicted molar refractivity (Wildman–Crippen MR) is 105 cm³/mol. The molecule has 0 saturated heterocycles. The lowest BCUT2D eigenvalue weighted by Gasteiger charge is -2.26. The average Bonchev–Trinajstić information content (AvgIpc) is 2.74. The fraction of sp³-hybridized carbons (Fsp3) is 0.300. The van der Waals surface area contributed by atoms with Gasteiger partial charge in [-0.3, -0.25) is 9.78 Å². The minimum atomic E-state index is -0.206. The van der Waals surface area contributed by atoms with Crippen LogP contribution >= 0.6 is 0 Å². The van der Waals surface area contributed by atoms with Crippen LogP contribution in [0.4, 0.5) is 5.95 Å². The number of nitrogens with zero attached hydrogens (tertiary/aromatic N) is 6. The lowest BCUT2D eigenvalue weighted by Crippen LogP contribution is -2.32. The molecule has 4 rings (SSSR count). The van der Waals surface area contributed by atoms with Gasteiger partial charge in [-0.1, -0.05) is 6.07 Å². The molecule has 1 aliphatic rings. The van der Waals surface area contributed by atoms with Crippen LogP contribution in [0.25, 0.3) is 11.5 Å². The Morgan fingerprint density at radius 2 is 1.93 bits per heavy atom. The number of amides is 1. The minimum Gasteiger partial charge on any atom is -0.347 e. The number of carbonyl (C=O) groups excluding carboxylic acids is 1. The number of nitrogens with one attached hydrogen (secondary N) is 1. The summed E-state index contributed by atoms with van der Waals surface area (Å²) in [4.78, 5) is 36.4. The molecule has 142 valence electrons. The van der Waals surface area contributed by atoms with Crippen LogP contribution in [0, 0.1) is 0 Å². The summed E-state index contributed by atoms with van der Waals surface area (Å²) in [5, 5.41) is 3.07. The Morgan fingerprint density at radius 3 is 2.64 bits per heavy atom. The number of rotatable bonds is 4. The zero-order valence-electron chi connectivity index (χ0n) is 15.8. The van der Waals surface area contributed by atoms with E-state index in [2.05, 4.69) is 30.2 Å². The molecule has 0 fully saturated rings. The summed E-state index contributed by atoms with van der Waals surface area (Å²) in [6, 6.07) is 5.42. The Hall–Kier alpha value is -3.42. The highest BCUT2D eigenvalue weighted by Crippen LogP contribution is 2.29. The van der Waals surface area contributed by atoms with Crippen molar-refractivity contribution in [1.82, 2.24) is 30.2 Å². The number of carbonyl (C=O) groups is 1. The van der Waals surface area contributed by atoms with Gasteiger partial charge in [0.1, 0.15) is 5.69 Å². The van der Waals surface area contributed by atoms with E-state index >= 15 is 0 Å². The molecule has 3 heterocycles. The average molecular weight is 375 g/mol. The van der Waals surface area contributed by atoms with Gasteiger partial charge in [0.15, 0.2) is 5.82 Å². The summed E-state index contributed by atoms with van der Waals surface area (Å²) in [5.41, 5.74) is 3.07. The second-order valence-electron chi connectivity index (χ2n) is 6.90. The van der Waals surface area contributed by atoms with Crippen LogP contribution in [-0.2, 0) is 6.42 Å². The van der Waals surface area contributed by atoms with Crippen molar-refractivity contribution in [2.75, 3.05) is 19.0 Å². The Morgan fingerprint density at radius 1 is 1.11 bits per heavy atom. The Labute approximate surface area is 163 Å². The molecule has 0 aromatic carbocycles. The molecule has 0 saturated carbocycles. The molecule has 3 aromatic rings. The molecule has 28 heavy (non-hydrogen) atoms.